The van der Waals surface area contributed by atoms with Gasteiger partial charge in [0.05, 0.1) is 24.6 Å². The number of nitrogens with one attached hydrogen (secondary N) is 3. The molecule has 1 aromatic carbocycles. The molecule has 2 aliphatic rings. The highest BCUT2D eigenvalue weighted by Gasteiger charge is 2.33. The number of hydrogen-bond acceptors (Lipinski definition) is 6. The lowest BCUT2D eigenvalue weighted by Crippen LogP contribution is -2.55. The van der Waals surface area contributed by atoms with Crippen molar-refractivity contribution in [1.82, 2.24) is 20.9 Å². The summed E-state index contributed by atoms with van der Waals surface area (Å²) < 4.78 is 11.1. The average molecular weight is 489 g/mol. The van der Waals surface area contributed by atoms with Crippen LogP contribution in [0.2, 0.25) is 0 Å². The number of methoxy groups -OCH3 is 1. The molecule has 2 aliphatic heterocycles. The molecule has 4 amide bonds. The van der Waals surface area contributed by atoms with E-state index in [-0.39, 0.29) is 49.0 Å². The summed E-state index contributed by atoms with van der Waals surface area (Å²) in [6, 6.07) is 4.85. The largest absolute Gasteiger partial charge is 0.491 e. The molecule has 1 fully saturated rings. The number of piperidine rings is 1. The monoisotopic (exact) mass is 488 g/mol. The number of carbonyl (C=O) groups is 4. The first-order chi connectivity index (χ1) is 16.8. The van der Waals surface area contributed by atoms with Crippen LogP contribution in [0.1, 0.15) is 49.9 Å². The maximum absolute atomic E-state index is 13.4. The van der Waals surface area contributed by atoms with E-state index in [4.69, 9.17) is 9.47 Å². The second-order valence-corrected chi connectivity index (χ2v) is 9.06. The molecule has 0 radical (unpaired) electrons. The van der Waals surface area contributed by atoms with Gasteiger partial charge in [-0.05, 0) is 30.9 Å². The van der Waals surface area contributed by atoms with E-state index in [1.807, 2.05) is 13.8 Å². The fourth-order valence-electron chi connectivity index (χ4n) is 4.31. The van der Waals surface area contributed by atoms with Gasteiger partial charge in [0, 0.05) is 20.2 Å². The third-order valence-electron chi connectivity index (χ3n) is 6.68. The van der Waals surface area contributed by atoms with Crippen LogP contribution in [-0.4, -0.2) is 80.1 Å². The number of nitrogens with zero attached hydrogens (tertiary/aromatic N) is 1. The fourth-order valence-corrected chi connectivity index (χ4v) is 4.31. The molecule has 1 aromatic rings. The van der Waals surface area contributed by atoms with E-state index in [2.05, 4.69) is 16.0 Å². The van der Waals surface area contributed by atoms with Gasteiger partial charge >= 0.3 is 0 Å². The van der Waals surface area contributed by atoms with E-state index < -0.39 is 23.9 Å². The van der Waals surface area contributed by atoms with Crippen LogP contribution >= 0.6 is 0 Å². The first kappa shape index (κ1) is 26.5. The Hall–Kier alpha value is -3.14. The average Bonchev–Trinajstić information content (AvgIpc) is 2.88. The van der Waals surface area contributed by atoms with Crippen molar-refractivity contribution in [3.05, 3.63) is 29.8 Å². The Bertz CT molecular complexity index is 915. The van der Waals surface area contributed by atoms with Crippen LogP contribution in [0, 0.1) is 5.92 Å². The van der Waals surface area contributed by atoms with Crippen molar-refractivity contribution in [2.75, 3.05) is 33.4 Å². The first-order valence-corrected chi connectivity index (χ1v) is 12.2. The number of carbonyl (C=O) groups excluding carboxylic acids is 4. The van der Waals surface area contributed by atoms with Gasteiger partial charge in [-0.25, -0.2) is 0 Å². The van der Waals surface area contributed by atoms with Crippen LogP contribution in [0.4, 0.5) is 0 Å². The number of ether oxygens (including phenoxy) is 2. The Balaban J connectivity index is 1.87. The molecule has 0 bridgehead atoms. The minimum Gasteiger partial charge on any atom is -0.491 e. The molecule has 3 N–H and O–H groups in total. The highest BCUT2D eigenvalue weighted by molar-refractivity contribution is 6.01. The Morgan fingerprint density at radius 1 is 1.17 bits per heavy atom. The molecular formula is C25H36N4O6. The van der Waals surface area contributed by atoms with E-state index in [9.17, 15) is 19.2 Å². The van der Waals surface area contributed by atoms with Crippen molar-refractivity contribution in [3.63, 3.8) is 0 Å². The number of benzene rings is 1. The fraction of sp³-hybridized carbons (Fsp3) is 0.600. The summed E-state index contributed by atoms with van der Waals surface area (Å²) in [5.74, 6) is -1.40. The summed E-state index contributed by atoms with van der Waals surface area (Å²) in [4.78, 5) is 54.1. The number of amides is 4. The number of likely N-dealkylation sites (tertiary alicyclic amines) is 1. The molecule has 10 heteroatoms. The van der Waals surface area contributed by atoms with Crippen molar-refractivity contribution in [3.8, 4) is 5.75 Å². The van der Waals surface area contributed by atoms with Gasteiger partial charge in [-0.2, -0.15) is 0 Å². The quantitative estimate of drug-likeness (QED) is 0.577. The Kier molecular flexibility index (Phi) is 9.47. The predicted octanol–water partition coefficient (Wildman–Crippen LogP) is 0.852. The van der Waals surface area contributed by atoms with Gasteiger partial charge in [-0.1, -0.05) is 32.4 Å². The van der Waals surface area contributed by atoms with Gasteiger partial charge < -0.3 is 30.3 Å². The highest BCUT2D eigenvalue weighted by Crippen LogP contribution is 2.20. The van der Waals surface area contributed by atoms with Gasteiger partial charge in [-0.3, -0.25) is 19.2 Å². The molecule has 35 heavy (non-hydrogen) atoms. The molecule has 1 saturated heterocycles. The van der Waals surface area contributed by atoms with E-state index in [1.54, 1.807) is 36.3 Å². The minimum atomic E-state index is -1.08. The lowest BCUT2D eigenvalue weighted by atomic mass is 9.97. The van der Waals surface area contributed by atoms with Crippen molar-refractivity contribution in [2.24, 2.45) is 5.92 Å². The van der Waals surface area contributed by atoms with E-state index in [0.717, 1.165) is 0 Å². The molecule has 10 nitrogen and oxygen atoms in total. The van der Waals surface area contributed by atoms with Crippen molar-refractivity contribution >= 4 is 23.6 Å². The zero-order valence-corrected chi connectivity index (χ0v) is 20.7. The van der Waals surface area contributed by atoms with Crippen molar-refractivity contribution in [1.29, 1.82) is 0 Å². The minimum absolute atomic E-state index is 0.0831. The lowest BCUT2D eigenvalue weighted by molar-refractivity contribution is -0.138. The number of para-hydroxylation sites is 1. The maximum Gasteiger partial charge on any atom is 0.255 e. The molecule has 0 unspecified atom stereocenters. The Morgan fingerprint density at radius 3 is 2.57 bits per heavy atom. The van der Waals surface area contributed by atoms with Crippen LogP contribution in [0.15, 0.2) is 24.3 Å². The third kappa shape index (κ3) is 6.94. The molecule has 3 atom stereocenters. The molecule has 0 saturated carbocycles. The summed E-state index contributed by atoms with van der Waals surface area (Å²) in [6.45, 7) is 5.13. The summed E-state index contributed by atoms with van der Waals surface area (Å²) in [5.41, 5.74) is 0.254. The molecule has 0 spiro atoms. The summed E-state index contributed by atoms with van der Waals surface area (Å²) in [7, 11) is 1.65. The number of fused-ring (bicyclic) bond motifs is 1. The van der Waals surface area contributed by atoms with Gasteiger partial charge in [-0.15, -0.1) is 0 Å². The van der Waals surface area contributed by atoms with Crippen LogP contribution in [0.3, 0.4) is 0 Å². The number of hydrogen-bond donors (Lipinski definition) is 3. The highest BCUT2D eigenvalue weighted by atomic mass is 16.5. The molecule has 0 aliphatic carbocycles. The molecule has 192 valence electrons. The maximum atomic E-state index is 13.4. The molecule has 2 heterocycles. The lowest BCUT2D eigenvalue weighted by Gasteiger charge is -2.34. The first-order valence-electron chi connectivity index (χ1n) is 12.2. The van der Waals surface area contributed by atoms with E-state index in [0.29, 0.717) is 38.1 Å². The molecule has 0 aromatic heterocycles. The molecular weight excluding hydrogens is 452 g/mol. The smallest absolute Gasteiger partial charge is 0.255 e. The van der Waals surface area contributed by atoms with Gasteiger partial charge in [0.1, 0.15) is 24.4 Å². The van der Waals surface area contributed by atoms with Crippen molar-refractivity contribution in [2.45, 2.75) is 57.7 Å². The summed E-state index contributed by atoms with van der Waals surface area (Å²) in [6.07, 6.45) is 1.84. The Morgan fingerprint density at radius 2 is 1.89 bits per heavy atom. The standard InChI is InChI=1S/C25H36N4O6/c1-4-16(2)22-24(32)26-11-14-35-20-8-6-5-7-18(20)23(31)27-19(15-21(30)28-22)25(33)29-12-9-17(34-3)10-13-29/h5-8,16-17,19,22H,4,9-15H2,1-3H3,(H,26,32)(H,27,31)(H,28,30)/t16-,19-,22-/m0/s1. The zero-order chi connectivity index (χ0) is 25.4. The van der Waals surface area contributed by atoms with Crippen LogP contribution in [-0.2, 0) is 19.1 Å². The van der Waals surface area contributed by atoms with Gasteiger partial charge in [0.2, 0.25) is 17.7 Å². The predicted molar refractivity (Wildman–Crippen MR) is 129 cm³/mol. The van der Waals surface area contributed by atoms with E-state index in [1.165, 1.54) is 0 Å². The summed E-state index contributed by atoms with van der Waals surface area (Å²) in [5, 5.41) is 8.32. The SMILES string of the molecule is CC[C@H](C)[C@@H]1NC(=O)C[C@@H](C(=O)N2CCC(OC)CC2)NC(=O)c2ccccc2OCCNC1=O. The Labute approximate surface area is 206 Å². The number of rotatable bonds is 4. The van der Waals surface area contributed by atoms with Crippen LogP contribution in [0.5, 0.6) is 5.75 Å². The zero-order valence-electron chi connectivity index (χ0n) is 20.7. The van der Waals surface area contributed by atoms with Crippen molar-refractivity contribution < 1.29 is 28.7 Å². The van der Waals surface area contributed by atoms with Gasteiger partial charge in [0.25, 0.3) is 5.91 Å². The second-order valence-electron chi connectivity index (χ2n) is 9.06. The van der Waals surface area contributed by atoms with Crippen LogP contribution in [0.25, 0.3) is 0 Å². The van der Waals surface area contributed by atoms with E-state index >= 15 is 0 Å². The second kappa shape index (κ2) is 12.5. The molecule has 3 rings (SSSR count). The third-order valence-corrected chi connectivity index (χ3v) is 6.68. The topological polar surface area (TPSA) is 126 Å². The summed E-state index contributed by atoms with van der Waals surface area (Å²) >= 11 is 0. The van der Waals surface area contributed by atoms with Crippen LogP contribution < -0.4 is 20.7 Å². The normalized spacial score (nSPS) is 23.6. The van der Waals surface area contributed by atoms with Gasteiger partial charge in [0.15, 0.2) is 0 Å².